The topological polar surface area (TPSA) is 3.24 Å². The summed E-state index contributed by atoms with van der Waals surface area (Å²) in [7, 11) is 0. The van der Waals surface area contributed by atoms with Gasteiger partial charge < -0.3 is 0 Å². The van der Waals surface area contributed by atoms with Crippen LogP contribution in [-0.2, 0) is 0 Å². The highest BCUT2D eigenvalue weighted by Crippen LogP contribution is 2.23. The maximum atomic E-state index is 4.15. The molecule has 2 unspecified atom stereocenters. The average Bonchev–Trinajstić information content (AvgIpc) is 2.13. The van der Waals surface area contributed by atoms with Crippen LogP contribution in [0.5, 0.6) is 0 Å². The number of thiol groups is 1. The lowest BCUT2D eigenvalue weighted by Gasteiger charge is -2.36. The summed E-state index contributed by atoms with van der Waals surface area (Å²) in [4.78, 5) is 2.54. The van der Waals surface area contributed by atoms with Gasteiger partial charge in [-0.05, 0) is 6.92 Å². The minimum absolute atomic E-state index is 0.711. The number of thioether (sulfide) groups is 1. The third-order valence-corrected chi connectivity index (χ3v) is 4.18. The van der Waals surface area contributed by atoms with Crippen LogP contribution in [-0.4, -0.2) is 40.8 Å². The van der Waals surface area contributed by atoms with Crippen LogP contribution < -0.4 is 0 Å². The van der Waals surface area contributed by atoms with E-state index in [1.165, 1.54) is 12.3 Å². The number of hydrogen-bond donors (Lipinski definition) is 1. The standard InChI is InChI=1S/C10H19NS2/c1-9-10(2)13-8-6-11(9)5-3-4-7-12/h3-4,9-10,12H,5-8H2,1-2H3/b4-3+. The summed E-state index contributed by atoms with van der Waals surface area (Å²) in [5.74, 6) is 2.13. The van der Waals surface area contributed by atoms with Gasteiger partial charge in [-0.2, -0.15) is 24.4 Å². The number of hydrogen-bond acceptors (Lipinski definition) is 3. The molecule has 3 heteroatoms. The van der Waals surface area contributed by atoms with Crippen molar-refractivity contribution in [2.45, 2.75) is 25.1 Å². The lowest BCUT2D eigenvalue weighted by Crippen LogP contribution is -2.44. The molecule has 0 N–H and O–H groups in total. The molecule has 0 aromatic carbocycles. The van der Waals surface area contributed by atoms with E-state index in [0.29, 0.717) is 6.04 Å². The molecule has 1 fully saturated rings. The Labute approximate surface area is 91.4 Å². The van der Waals surface area contributed by atoms with Gasteiger partial charge in [0.15, 0.2) is 0 Å². The van der Waals surface area contributed by atoms with Gasteiger partial charge in [0, 0.05) is 35.9 Å². The molecule has 13 heavy (non-hydrogen) atoms. The van der Waals surface area contributed by atoms with E-state index in [2.05, 4.69) is 55.3 Å². The van der Waals surface area contributed by atoms with E-state index >= 15 is 0 Å². The second-order valence-corrected chi connectivity index (χ2v) is 5.32. The normalized spacial score (nSPS) is 31.3. The first-order chi connectivity index (χ1) is 6.25. The summed E-state index contributed by atoms with van der Waals surface area (Å²) in [5, 5.41) is 0.776. The van der Waals surface area contributed by atoms with Gasteiger partial charge in [0.25, 0.3) is 0 Å². The minimum Gasteiger partial charge on any atom is -0.295 e. The molecule has 2 atom stereocenters. The second kappa shape index (κ2) is 5.99. The molecule has 1 saturated heterocycles. The third-order valence-electron chi connectivity index (χ3n) is 2.63. The fourth-order valence-electron chi connectivity index (χ4n) is 1.54. The zero-order valence-electron chi connectivity index (χ0n) is 8.44. The maximum Gasteiger partial charge on any atom is 0.0187 e. The maximum absolute atomic E-state index is 4.15. The van der Waals surface area contributed by atoms with Crippen molar-refractivity contribution in [2.75, 3.05) is 24.6 Å². The lowest BCUT2D eigenvalue weighted by molar-refractivity contribution is 0.236. The Kier molecular flexibility index (Phi) is 5.29. The predicted molar refractivity (Wildman–Crippen MR) is 65.9 cm³/mol. The zero-order valence-corrected chi connectivity index (χ0v) is 10.2. The van der Waals surface area contributed by atoms with E-state index in [-0.39, 0.29) is 0 Å². The Morgan fingerprint density at radius 3 is 2.92 bits per heavy atom. The van der Waals surface area contributed by atoms with Crippen molar-refractivity contribution < 1.29 is 0 Å². The molecule has 0 spiro atoms. The van der Waals surface area contributed by atoms with Crippen molar-refractivity contribution in [3.05, 3.63) is 12.2 Å². The summed E-state index contributed by atoms with van der Waals surface area (Å²) in [6, 6.07) is 0.711. The summed E-state index contributed by atoms with van der Waals surface area (Å²) < 4.78 is 0. The van der Waals surface area contributed by atoms with Crippen molar-refractivity contribution in [3.8, 4) is 0 Å². The number of rotatable bonds is 3. The van der Waals surface area contributed by atoms with Crippen LogP contribution in [0.3, 0.4) is 0 Å². The molecule has 0 radical (unpaired) electrons. The molecule has 0 aromatic heterocycles. The molecule has 1 aliphatic rings. The van der Waals surface area contributed by atoms with Crippen LogP contribution in [0, 0.1) is 0 Å². The largest absolute Gasteiger partial charge is 0.295 e. The first-order valence-corrected chi connectivity index (χ1v) is 6.55. The van der Waals surface area contributed by atoms with E-state index in [0.717, 1.165) is 17.5 Å². The fraction of sp³-hybridized carbons (Fsp3) is 0.800. The summed E-state index contributed by atoms with van der Waals surface area (Å²) >= 11 is 6.24. The first-order valence-electron chi connectivity index (χ1n) is 4.87. The molecule has 76 valence electrons. The molecule has 0 bridgehead atoms. The molecule has 1 rings (SSSR count). The van der Waals surface area contributed by atoms with Gasteiger partial charge in [-0.3, -0.25) is 4.90 Å². The minimum atomic E-state index is 0.711. The van der Waals surface area contributed by atoms with Crippen LogP contribution in [0.15, 0.2) is 12.2 Å². The van der Waals surface area contributed by atoms with Gasteiger partial charge in [-0.25, -0.2) is 0 Å². The van der Waals surface area contributed by atoms with E-state index in [9.17, 15) is 0 Å². The highest BCUT2D eigenvalue weighted by molar-refractivity contribution is 8.00. The van der Waals surface area contributed by atoms with Crippen molar-refractivity contribution in [1.82, 2.24) is 4.90 Å². The Hall–Kier alpha value is 0.400. The Morgan fingerprint density at radius 1 is 1.46 bits per heavy atom. The smallest absolute Gasteiger partial charge is 0.0187 e. The summed E-state index contributed by atoms with van der Waals surface area (Å²) in [6.07, 6.45) is 4.36. The fourth-order valence-corrected chi connectivity index (χ4v) is 2.85. The quantitative estimate of drug-likeness (QED) is 0.571. The molecule has 1 heterocycles. The molecule has 0 amide bonds. The predicted octanol–water partition coefficient (Wildman–Crippen LogP) is 2.30. The zero-order chi connectivity index (χ0) is 9.68. The summed E-state index contributed by atoms with van der Waals surface area (Å²) in [6.45, 7) is 6.97. The van der Waals surface area contributed by atoms with Crippen LogP contribution in [0.4, 0.5) is 0 Å². The number of nitrogens with zero attached hydrogens (tertiary/aromatic N) is 1. The molecule has 0 saturated carbocycles. The van der Waals surface area contributed by atoms with E-state index < -0.39 is 0 Å². The molecule has 1 aliphatic heterocycles. The van der Waals surface area contributed by atoms with Gasteiger partial charge in [0.2, 0.25) is 0 Å². The van der Waals surface area contributed by atoms with E-state index in [4.69, 9.17) is 0 Å². The lowest BCUT2D eigenvalue weighted by atomic mass is 10.2. The Bertz CT molecular complexity index is 170. The van der Waals surface area contributed by atoms with Crippen molar-refractivity contribution in [1.29, 1.82) is 0 Å². The van der Waals surface area contributed by atoms with Crippen LogP contribution in [0.25, 0.3) is 0 Å². The highest BCUT2D eigenvalue weighted by atomic mass is 32.2. The van der Waals surface area contributed by atoms with Crippen molar-refractivity contribution in [2.24, 2.45) is 0 Å². The monoisotopic (exact) mass is 217 g/mol. The van der Waals surface area contributed by atoms with Crippen molar-refractivity contribution in [3.63, 3.8) is 0 Å². The van der Waals surface area contributed by atoms with Crippen LogP contribution in [0.1, 0.15) is 13.8 Å². The Balaban J connectivity index is 2.35. The van der Waals surface area contributed by atoms with Gasteiger partial charge in [-0.15, -0.1) is 0 Å². The average molecular weight is 217 g/mol. The van der Waals surface area contributed by atoms with Gasteiger partial charge >= 0.3 is 0 Å². The van der Waals surface area contributed by atoms with Gasteiger partial charge in [-0.1, -0.05) is 19.1 Å². The molecule has 0 aromatic rings. The SMILES string of the molecule is CC1SCCN(C/C=C/CS)C1C. The van der Waals surface area contributed by atoms with Crippen molar-refractivity contribution >= 4 is 24.4 Å². The van der Waals surface area contributed by atoms with E-state index in [1.807, 2.05) is 0 Å². The molecular formula is C10H19NS2. The molecule has 0 aliphatic carbocycles. The van der Waals surface area contributed by atoms with E-state index in [1.54, 1.807) is 0 Å². The van der Waals surface area contributed by atoms with Crippen LogP contribution in [0.2, 0.25) is 0 Å². The molecular weight excluding hydrogens is 198 g/mol. The Morgan fingerprint density at radius 2 is 2.23 bits per heavy atom. The first kappa shape index (κ1) is 11.5. The van der Waals surface area contributed by atoms with Gasteiger partial charge in [0.1, 0.15) is 0 Å². The van der Waals surface area contributed by atoms with Crippen LogP contribution >= 0.6 is 24.4 Å². The second-order valence-electron chi connectivity index (χ2n) is 3.47. The molecule has 1 nitrogen and oxygen atoms in total. The third kappa shape index (κ3) is 3.56. The highest BCUT2D eigenvalue weighted by Gasteiger charge is 2.23. The summed E-state index contributed by atoms with van der Waals surface area (Å²) in [5.41, 5.74) is 0. The van der Waals surface area contributed by atoms with Gasteiger partial charge in [0.05, 0.1) is 0 Å².